The molecule has 0 radical (unpaired) electrons. The third kappa shape index (κ3) is 5.91. The lowest BCUT2D eigenvalue weighted by Crippen LogP contribution is -2.23. The fourth-order valence-corrected chi connectivity index (χ4v) is 6.21. The summed E-state index contributed by atoms with van der Waals surface area (Å²) >= 11 is 7.70. The number of hydrogen-bond acceptors (Lipinski definition) is 4. The summed E-state index contributed by atoms with van der Waals surface area (Å²) in [5, 5.41) is 7.58. The minimum Gasteiger partial charge on any atom is -0.313 e. The van der Waals surface area contributed by atoms with Gasteiger partial charge in [0.15, 0.2) is 4.80 Å². The van der Waals surface area contributed by atoms with Crippen molar-refractivity contribution in [1.29, 1.82) is 0 Å². The number of nitrogens with two attached hydrogens (primary N) is 1. The SMILES string of the molecule is Br.NS(=O)(=O)c1cc(-c2csc(=Nc3ccccc3)n2C2CCCCCCC2)ccc1Cl. The molecule has 5 nitrogen and oxygen atoms in total. The number of rotatable bonds is 4. The van der Waals surface area contributed by atoms with Crippen molar-refractivity contribution in [2.45, 2.75) is 55.9 Å². The normalized spacial score (nSPS) is 16.2. The zero-order valence-electron chi connectivity index (χ0n) is 17.6. The van der Waals surface area contributed by atoms with Crippen molar-refractivity contribution >= 4 is 55.6 Å². The Morgan fingerprint density at radius 2 is 1.66 bits per heavy atom. The predicted octanol–water partition coefficient (Wildman–Crippen LogP) is 6.61. The maximum atomic E-state index is 12.0. The first-order valence-corrected chi connectivity index (χ1v) is 13.4. The highest BCUT2D eigenvalue weighted by Crippen LogP contribution is 2.33. The van der Waals surface area contributed by atoms with Gasteiger partial charge in [0.2, 0.25) is 10.0 Å². The van der Waals surface area contributed by atoms with E-state index in [-0.39, 0.29) is 26.9 Å². The first-order chi connectivity index (χ1) is 14.9. The van der Waals surface area contributed by atoms with Crippen LogP contribution in [0.5, 0.6) is 0 Å². The molecular formula is C23H27BrClN3O2S2. The molecule has 0 atom stereocenters. The van der Waals surface area contributed by atoms with Crippen molar-refractivity contribution in [3.8, 4) is 11.3 Å². The van der Waals surface area contributed by atoms with E-state index < -0.39 is 10.0 Å². The van der Waals surface area contributed by atoms with Gasteiger partial charge in [-0.15, -0.1) is 28.3 Å². The van der Waals surface area contributed by atoms with Gasteiger partial charge in [-0.1, -0.05) is 68.0 Å². The van der Waals surface area contributed by atoms with Crippen LogP contribution in [0.2, 0.25) is 5.02 Å². The molecule has 1 aromatic heterocycles. The number of sulfonamides is 1. The number of benzene rings is 2. The average molecular weight is 557 g/mol. The molecule has 0 bridgehead atoms. The van der Waals surface area contributed by atoms with Crippen LogP contribution in [0.1, 0.15) is 51.0 Å². The second-order valence-electron chi connectivity index (χ2n) is 7.91. The molecule has 1 fully saturated rings. The summed E-state index contributed by atoms with van der Waals surface area (Å²) in [5.74, 6) is 0. The minimum absolute atomic E-state index is 0. The maximum Gasteiger partial charge on any atom is 0.239 e. The zero-order valence-corrected chi connectivity index (χ0v) is 21.7. The third-order valence-electron chi connectivity index (χ3n) is 5.70. The molecule has 1 saturated carbocycles. The summed E-state index contributed by atoms with van der Waals surface area (Å²) in [6.07, 6.45) is 8.32. The topological polar surface area (TPSA) is 77.5 Å². The lowest BCUT2D eigenvalue weighted by Gasteiger charge is -2.24. The number of thiazole rings is 1. The standard InChI is InChI=1S/C23H26ClN3O2S2.BrH/c24-20-14-13-17(15-22(20)31(25,28)29)21-16-30-23(26-18-9-5-4-6-10-18)27(21)19-11-7-2-1-3-8-12-19;/h4-6,9-10,13-16,19H,1-3,7-8,11-12H2,(H2,25,28,29);1H. The van der Waals surface area contributed by atoms with Crippen LogP contribution in [-0.2, 0) is 10.0 Å². The van der Waals surface area contributed by atoms with Crippen molar-refractivity contribution in [3.63, 3.8) is 0 Å². The molecule has 0 aliphatic heterocycles. The summed E-state index contributed by atoms with van der Waals surface area (Å²) in [7, 11) is -3.92. The van der Waals surface area contributed by atoms with Gasteiger partial charge in [0.05, 0.1) is 16.4 Å². The van der Waals surface area contributed by atoms with Crippen LogP contribution < -0.4 is 9.94 Å². The molecule has 2 aromatic carbocycles. The molecule has 172 valence electrons. The molecule has 2 N–H and O–H groups in total. The molecule has 0 amide bonds. The highest BCUT2D eigenvalue weighted by Gasteiger charge is 2.21. The molecule has 1 aliphatic rings. The first-order valence-electron chi connectivity index (χ1n) is 10.6. The van der Waals surface area contributed by atoms with Gasteiger partial charge in [0.25, 0.3) is 0 Å². The lowest BCUT2D eigenvalue weighted by atomic mass is 9.96. The Bertz CT molecular complexity index is 1220. The predicted molar refractivity (Wildman–Crippen MR) is 137 cm³/mol. The van der Waals surface area contributed by atoms with Gasteiger partial charge in [-0.3, -0.25) is 0 Å². The Morgan fingerprint density at radius 3 is 2.31 bits per heavy atom. The van der Waals surface area contributed by atoms with Crippen LogP contribution in [0.4, 0.5) is 5.69 Å². The van der Waals surface area contributed by atoms with Gasteiger partial charge in [-0.05, 0) is 37.1 Å². The molecule has 1 aliphatic carbocycles. The van der Waals surface area contributed by atoms with E-state index >= 15 is 0 Å². The number of aromatic nitrogens is 1. The molecule has 32 heavy (non-hydrogen) atoms. The van der Waals surface area contributed by atoms with E-state index in [1.165, 1.54) is 32.1 Å². The van der Waals surface area contributed by atoms with Gasteiger partial charge >= 0.3 is 0 Å². The summed E-state index contributed by atoms with van der Waals surface area (Å²) in [4.78, 5) is 5.78. The van der Waals surface area contributed by atoms with Crippen LogP contribution in [0.3, 0.4) is 0 Å². The summed E-state index contributed by atoms with van der Waals surface area (Å²) in [6.45, 7) is 0. The Hall–Kier alpha value is -1.45. The average Bonchev–Trinajstić information content (AvgIpc) is 3.11. The zero-order chi connectivity index (χ0) is 21.8. The summed E-state index contributed by atoms with van der Waals surface area (Å²) in [6, 6.07) is 15.3. The van der Waals surface area contributed by atoms with E-state index in [4.69, 9.17) is 21.7 Å². The van der Waals surface area contributed by atoms with Gasteiger partial charge in [-0.25, -0.2) is 18.5 Å². The minimum atomic E-state index is -3.92. The molecule has 0 unspecified atom stereocenters. The van der Waals surface area contributed by atoms with Crippen LogP contribution in [0.15, 0.2) is 63.8 Å². The molecule has 9 heteroatoms. The van der Waals surface area contributed by atoms with E-state index in [0.29, 0.717) is 6.04 Å². The third-order valence-corrected chi connectivity index (χ3v) is 7.93. The summed E-state index contributed by atoms with van der Waals surface area (Å²) in [5.41, 5.74) is 2.63. The smallest absolute Gasteiger partial charge is 0.239 e. The summed E-state index contributed by atoms with van der Waals surface area (Å²) < 4.78 is 26.3. The van der Waals surface area contributed by atoms with Crippen LogP contribution in [0.25, 0.3) is 11.3 Å². The van der Waals surface area contributed by atoms with E-state index in [9.17, 15) is 8.42 Å². The van der Waals surface area contributed by atoms with Crippen LogP contribution >= 0.6 is 39.9 Å². The Balaban J connectivity index is 0.00000289. The van der Waals surface area contributed by atoms with Gasteiger partial charge in [0.1, 0.15) is 4.90 Å². The molecule has 0 saturated heterocycles. The van der Waals surface area contributed by atoms with E-state index in [1.54, 1.807) is 23.5 Å². The second-order valence-corrected chi connectivity index (χ2v) is 10.7. The molecule has 1 heterocycles. The number of nitrogens with zero attached hydrogens (tertiary/aromatic N) is 2. The Labute approximate surface area is 208 Å². The van der Waals surface area contributed by atoms with Crippen molar-refractivity contribution in [1.82, 2.24) is 4.57 Å². The number of hydrogen-bond donors (Lipinski definition) is 1. The Kier molecular flexibility index (Phi) is 8.75. The van der Waals surface area contributed by atoms with Gasteiger partial charge < -0.3 is 4.57 Å². The highest BCUT2D eigenvalue weighted by molar-refractivity contribution is 8.93. The largest absolute Gasteiger partial charge is 0.313 e. The van der Waals surface area contributed by atoms with Crippen molar-refractivity contribution in [2.24, 2.45) is 10.1 Å². The Morgan fingerprint density at radius 1 is 1.00 bits per heavy atom. The quantitative estimate of drug-likeness (QED) is 0.392. The van der Waals surface area contributed by atoms with Crippen LogP contribution in [0, 0.1) is 0 Å². The fourth-order valence-electron chi connectivity index (χ4n) is 4.15. The second kappa shape index (κ2) is 11.1. The first kappa shape index (κ1) is 25.2. The van der Waals surface area contributed by atoms with Crippen molar-refractivity contribution in [2.75, 3.05) is 0 Å². The molecule has 0 spiro atoms. The molecular weight excluding hydrogens is 530 g/mol. The van der Waals surface area contributed by atoms with Crippen LogP contribution in [-0.4, -0.2) is 13.0 Å². The highest BCUT2D eigenvalue weighted by atomic mass is 79.9. The van der Waals surface area contributed by atoms with Gasteiger partial charge in [0, 0.05) is 17.0 Å². The maximum absolute atomic E-state index is 12.0. The van der Waals surface area contributed by atoms with E-state index in [0.717, 1.165) is 34.6 Å². The van der Waals surface area contributed by atoms with E-state index in [2.05, 4.69) is 9.95 Å². The number of halogens is 2. The van der Waals surface area contributed by atoms with Crippen molar-refractivity contribution in [3.05, 3.63) is 63.7 Å². The van der Waals surface area contributed by atoms with Crippen molar-refractivity contribution < 1.29 is 8.42 Å². The number of primary sulfonamides is 1. The number of para-hydroxylation sites is 1. The van der Waals surface area contributed by atoms with E-state index in [1.807, 2.05) is 36.4 Å². The molecule has 4 rings (SSSR count). The lowest BCUT2D eigenvalue weighted by molar-refractivity contribution is 0.369. The molecule has 3 aromatic rings. The fraction of sp³-hybridized carbons (Fsp3) is 0.348. The monoisotopic (exact) mass is 555 g/mol. The van der Waals surface area contributed by atoms with Gasteiger partial charge in [-0.2, -0.15) is 0 Å².